The molecular formula is C26H19N3O7. The number of rotatable bonds is 6. The molecule has 4 rings (SSSR count). The molecule has 180 valence electrons. The van der Waals surface area contributed by atoms with Crippen molar-refractivity contribution in [1.29, 1.82) is 5.26 Å². The Morgan fingerprint density at radius 2 is 1.69 bits per heavy atom. The Hall–Kier alpha value is -5.17. The molecule has 1 amide bonds. The van der Waals surface area contributed by atoms with E-state index in [1.165, 1.54) is 67.7 Å². The molecule has 3 aromatic carbocycles. The van der Waals surface area contributed by atoms with Gasteiger partial charge in [-0.15, -0.1) is 0 Å². The lowest BCUT2D eigenvalue weighted by molar-refractivity contribution is -0.384. The molecule has 1 unspecified atom stereocenters. The van der Waals surface area contributed by atoms with E-state index >= 15 is 0 Å². The van der Waals surface area contributed by atoms with E-state index in [0.717, 1.165) is 0 Å². The summed E-state index contributed by atoms with van der Waals surface area (Å²) in [5.41, 5.74) is 0.722. The summed E-state index contributed by atoms with van der Waals surface area (Å²) in [5.74, 6) is -1.77. The van der Waals surface area contributed by atoms with Crippen molar-refractivity contribution in [2.75, 3.05) is 19.1 Å². The molecular weight excluding hydrogens is 466 g/mol. The number of non-ortho nitro benzene ring substituents is 1. The lowest BCUT2D eigenvalue weighted by Gasteiger charge is -2.27. The number of para-hydroxylation sites is 1. The number of nitro benzene ring substituents is 1. The number of amides is 1. The third kappa shape index (κ3) is 3.99. The molecule has 0 radical (unpaired) electrons. The number of benzene rings is 3. The minimum atomic E-state index is -1.13. The number of ketones is 1. The van der Waals surface area contributed by atoms with E-state index in [1.54, 1.807) is 18.2 Å². The van der Waals surface area contributed by atoms with E-state index in [0.29, 0.717) is 22.6 Å². The number of ether oxygens (including phenoxy) is 2. The van der Waals surface area contributed by atoms with Crippen molar-refractivity contribution in [2.24, 2.45) is 0 Å². The summed E-state index contributed by atoms with van der Waals surface area (Å²) in [6.07, 6.45) is 0. The third-order valence-corrected chi connectivity index (χ3v) is 5.80. The Morgan fingerprint density at radius 3 is 2.25 bits per heavy atom. The van der Waals surface area contributed by atoms with E-state index in [1.807, 2.05) is 6.07 Å². The van der Waals surface area contributed by atoms with Gasteiger partial charge in [0.15, 0.2) is 11.5 Å². The number of nitriles is 1. The smallest absolute Gasteiger partial charge is 0.300 e. The van der Waals surface area contributed by atoms with Gasteiger partial charge in [-0.1, -0.05) is 12.1 Å². The monoisotopic (exact) mass is 485 g/mol. The van der Waals surface area contributed by atoms with Crippen molar-refractivity contribution in [3.8, 4) is 17.6 Å². The largest absolute Gasteiger partial charge is 0.507 e. The Kier molecular flexibility index (Phi) is 6.39. The molecule has 0 bridgehead atoms. The maximum atomic E-state index is 13.3. The quantitative estimate of drug-likeness (QED) is 0.181. The maximum absolute atomic E-state index is 13.3. The Bertz CT molecular complexity index is 1440. The zero-order chi connectivity index (χ0) is 26.0. The normalized spacial score (nSPS) is 16.5. The first kappa shape index (κ1) is 24.0. The number of carbonyl (C=O) groups is 2. The molecule has 0 aliphatic carbocycles. The number of aliphatic hydroxyl groups excluding tert-OH is 1. The predicted molar refractivity (Wildman–Crippen MR) is 129 cm³/mol. The fourth-order valence-corrected chi connectivity index (χ4v) is 4.11. The van der Waals surface area contributed by atoms with Gasteiger partial charge in [-0.3, -0.25) is 24.6 Å². The summed E-state index contributed by atoms with van der Waals surface area (Å²) >= 11 is 0. The summed E-state index contributed by atoms with van der Waals surface area (Å²) in [4.78, 5) is 38.2. The first-order valence-corrected chi connectivity index (χ1v) is 10.6. The first-order chi connectivity index (χ1) is 17.3. The average molecular weight is 485 g/mol. The molecule has 10 nitrogen and oxygen atoms in total. The van der Waals surface area contributed by atoms with E-state index in [-0.39, 0.29) is 22.6 Å². The minimum absolute atomic E-state index is 0.116. The van der Waals surface area contributed by atoms with Crippen LogP contribution in [0.1, 0.15) is 22.7 Å². The van der Waals surface area contributed by atoms with Crippen LogP contribution in [0.15, 0.2) is 72.3 Å². The SMILES string of the molecule is COc1cccc(C2/C(=C(/O)c3ccc([N+](=O)[O-])cc3)C(=O)C(=O)N2c2ccc(C#N)cc2)c1OC. The van der Waals surface area contributed by atoms with Crippen LogP contribution in [0.4, 0.5) is 11.4 Å². The van der Waals surface area contributed by atoms with Crippen LogP contribution >= 0.6 is 0 Å². The lowest BCUT2D eigenvalue weighted by Crippen LogP contribution is -2.29. The van der Waals surface area contributed by atoms with Gasteiger partial charge in [0, 0.05) is 28.9 Å². The average Bonchev–Trinajstić information content (AvgIpc) is 3.17. The summed E-state index contributed by atoms with van der Waals surface area (Å²) < 4.78 is 10.9. The van der Waals surface area contributed by atoms with Crippen molar-refractivity contribution < 1.29 is 29.1 Å². The number of aliphatic hydroxyl groups is 1. The van der Waals surface area contributed by atoms with Crippen LogP contribution in [0.2, 0.25) is 0 Å². The van der Waals surface area contributed by atoms with Crippen molar-refractivity contribution in [3.63, 3.8) is 0 Å². The highest BCUT2D eigenvalue weighted by Crippen LogP contribution is 2.47. The number of Topliss-reactive ketones (excluding diaryl/α,β-unsaturated/α-hetero) is 1. The van der Waals surface area contributed by atoms with E-state index in [9.17, 15) is 24.8 Å². The van der Waals surface area contributed by atoms with Crippen molar-refractivity contribution in [1.82, 2.24) is 0 Å². The van der Waals surface area contributed by atoms with Gasteiger partial charge in [-0.25, -0.2) is 0 Å². The summed E-state index contributed by atoms with van der Waals surface area (Å²) in [7, 11) is 2.85. The fourth-order valence-electron chi connectivity index (χ4n) is 4.11. The molecule has 36 heavy (non-hydrogen) atoms. The van der Waals surface area contributed by atoms with Crippen LogP contribution in [0.25, 0.3) is 5.76 Å². The van der Waals surface area contributed by atoms with Gasteiger partial charge in [0.05, 0.1) is 42.4 Å². The van der Waals surface area contributed by atoms with Gasteiger partial charge in [0.2, 0.25) is 0 Å². The van der Waals surface area contributed by atoms with Crippen LogP contribution in [0, 0.1) is 21.4 Å². The first-order valence-electron chi connectivity index (χ1n) is 10.6. The van der Waals surface area contributed by atoms with Crippen LogP contribution in [-0.4, -0.2) is 35.9 Å². The highest BCUT2D eigenvalue weighted by atomic mass is 16.6. The molecule has 1 atom stereocenters. The minimum Gasteiger partial charge on any atom is -0.507 e. The molecule has 1 aliphatic rings. The standard InChI is InChI=1S/C26H19N3O7/c1-35-20-5-3-4-19(25(20)36-2)22-21(23(30)16-8-12-18(13-9-16)29(33)34)24(31)26(32)28(22)17-10-6-15(14-27)7-11-17/h3-13,22,30H,1-2H3/b23-21-. The van der Waals surface area contributed by atoms with Crippen LogP contribution in [0.3, 0.4) is 0 Å². The zero-order valence-electron chi connectivity index (χ0n) is 19.2. The Morgan fingerprint density at radius 1 is 1.03 bits per heavy atom. The molecule has 0 spiro atoms. The lowest BCUT2D eigenvalue weighted by atomic mass is 9.94. The molecule has 10 heteroatoms. The van der Waals surface area contributed by atoms with Crippen molar-refractivity contribution in [3.05, 3.63) is 99.1 Å². The molecule has 1 N–H and O–H groups in total. The van der Waals surface area contributed by atoms with E-state index < -0.39 is 28.4 Å². The van der Waals surface area contributed by atoms with Crippen molar-refractivity contribution in [2.45, 2.75) is 6.04 Å². The number of nitro groups is 1. The Labute approximate surface area is 205 Å². The topological polar surface area (TPSA) is 143 Å². The number of hydrogen-bond acceptors (Lipinski definition) is 8. The second-order valence-corrected chi connectivity index (χ2v) is 7.71. The molecule has 1 heterocycles. The molecule has 1 saturated heterocycles. The van der Waals surface area contributed by atoms with Crippen LogP contribution in [0.5, 0.6) is 11.5 Å². The second kappa shape index (κ2) is 9.60. The number of anilines is 1. The Balaban J connectivity index is 1.98. The van der Waals surface area contributed by atoms with E-state index in [2.05, 4.69) is 0 Å². The molecule has 0 aromatic heterocycles. The van der Waals surface area contributed by atoms with Crippen LogP contribution in [-0.2, 0) is 9.59 Å². The second-order valence-electron chi connectivity index (χ2n) is 7.71. The number of methoxy groups -OCH3 is 2. The van der Waals surface area contributed by atoms with Crippen LogP contribution < -0.4 is 14.4 Å². The summed E-state index contributed by atoms with van der Waals surface area (Å²) in [6.45, 7) is 0. The van der Waals surface area contributed by atoms with Gasteiger partial charge in [0.1, 0.15) is 5.76 Å². The summed E-state index contributed by atoms with van der Waals surface area (Å²) in [6, 6.07) is 16.8. The predicted octanol–water partition coefficient (Wildman–Crippen LogP) is 4.11. The zero-order valence-corrected chi connectivity index (χ0v) is 19.2. The fraction of sp³-hybridized carbons (Fsp3) is 0.115. The van der Waals surface area contributed by atoms with Gasteiger partial charge >= 0.3 is 0 Å². The van der Waals surface area contributed by atoms with Gasteiger partial charge in [-0.2, -0.15) is 5.26 Å². The van der Waals surface area contributed by atoms with Crippen molar-refractivity contribution >= 4 is 28.8 Å². The van der Waals surface area contributed by atoms with Gasteiger partial charge in [0.25, 0.3) is 17.4 Å². The summed E-state index contributed by atoms with van der Waals surface area (Å²) in [5, 5.41) is 31.4. The van der Waals surface area contributed by atoms with E-state index in [4.69, 9.17) is 14.7 Å². The maximum Gasteiger partial charge on any atom is 0.300 e. The third-order valence-electron chi connectivity index (χ3n) is 5.80. The molecule has 0 saturated carbocycles. The number of nitrogens with zero attached hydrogens (tertiary/aromatic N) is 3. The molecule has 1 fully saturated rings. The molecule has 1 aliphatic heterocycles. The van der Waals surface area contributed by atoms with Gasteiger partial charge < -0.3 is 14.6 Å². The van der Waals surface area contributed by atoms with Gasteiger partial charge in [-0.05, 0) is 42.5 Å². The number of hydrogen-bond donors (Lipinski definition) is 1. The number of carbonyl (C=O) groups excluding carboxylic acids is 2. The highest BCUT2D eigenvalue weighted by molar-refractivity contribution is 6.51. The highest BCUT2D eigenvalue weighted by Gasteiger charge is 2.48. The molecule has 3 aromatic rings.